The van der Waals surface area contributed by atoms with E-state index in [4.69, 9.17) is 14.5 Å². The SMILES string of the molecule is CCN1CCN(C(=O)CN(c2nc(-c3ccc(OC)cc3)cs2)c2ccccc2OC)CC1. The fourth-order valence-corrected chi connectivity index (χ4v) is 4.79. The number of amides is 1. The summed E-state index contributed by atoms with van der Waals surface area (Å²) in [4.78, 5) is 24.4. The maximum absolute atomic E-state index is 13.3. The lowest BCUT2D eigenvalue weighted by atomic mass is 10.2. The first-order chi connectivity index (χ1) is 16.1. The van der Waals surface area contributed by atoms with Gasteiger partial charge in [0.25, 0.3) is 0 Å². The van der Waals surface area contributed by atoms with Crippen LogP contribution in [0.1, 0.15) is 6.92 Å². The van der Waals surface area contributed by atoms with Crippen LogP contribution in [0.25, 0.3) is 11.3 Å². The number of carbonyl (C=O) groups excluding carboxylic acids is 1. The van der Waals surface area contributed by atoms with Gasteiger partial charge in [-0.15, -0.1) is 11.3 Å². The highest BCUT2D eigenvalue weighted by Crippen LogP contribution is 2.37. The van der Waals surface area contributed by atoms with E-state index in [-0.39, 0.29) is 12.5 Å². The van der Waals surface area contributed by atoms with Crippen molar-refractivity contribution in [2.45, 2.75) is 6.92 Å². The maximum Gasteiger partial charge on any atom is 0.242 e. The molecule has 0 radical (unpaired) electrons. The largest absolute Gasteiger partial charge is 0.497 e. The number of methoxy groups -OCH3 is 2. The van der Waals surface area contributed by atoms with Gasteiger partial charge in [0.1, 0.15) is 18.0 Å². The van der Waals surface area contributed by atoms with Gasteiger partial charge in [-0.2, -0.15) is 0 Å². The van der Waals surface area contributed by atoms with E-state index in [1.807, 2.05) is 63.7 Å². The Bertz CT molecular complexity index is 1060. The van der Waals surface area contributed by atoms with Gasteiger partial charge < -0.3 is 24.2 Å². The summed E-state index contributed by atoms with van der Waals surface area (Å²) < 4.78 is 10.9. The van der Waals surface area contributed by atoms with Crippen molar-refractivity contribution in [2.24, 2.45) is 0 Å². The Morgan fingerprint density at radius 1 is 1.03 bits per heavy atom. The number of anilines is 2. The van der Waals surface area contributed by atoms with Crippen molar-refractivity contribution in [2.75, 3.05) is 58.4 Å². The van der Waals surface area contributed by atoms with Gasteiger partial charge >= 0.3 is 0 Å². The van der Waals surface area contributed by atoms with Gasteiger partial charge in [0.2, 0.25) is 5.91 Å². The Morgan fingerprint density at radius 3 is 2.42 bits per heavy atom. The van der Waals surface area contributed by atoms with Crippen LogP contribution in [0.3, 0.4) is 0 Å². The van der Waals surface area contributed by atoms with Gasteiger partial charge in [-0.3, -0.25) is 4.79 Å². The van der Waals surface area contributed by atoms with Crippen molar-refractivity contribution in [3.8, 4) is 22.8 Å². The standard InChI is InChI=1S/C25H30N4O3S/c1-4-27-13-15-28(16-14-27)24(30)17-29(22-7-5-6-8-23(22)32-3)25-26-21(18-33-25)19-9-11-20(31-2)12-10-19/h5-12,18H,4,13-17H2,1-3H3. The molecule has 2 aromatic carbocycles. The van der Waals surface area contributed by atoms with E-state index >= 15 is 0 Å². The number of hydrogen-bond donors (Lipinski definition) is 0. The van der Waals surface area contributed by atoms with E-state index in [1.165, 1.54) is 11.3 Å². The number of likely N-dealkylation sites (N-methyl/N-ethyl adjacent to an activating group) is 1. The molecule has 0 spiro atoms. The summed E-state index contributed by atoms with van der Waals surface area (Å²) in [7, 11) is 3.30. The molecule has 0 bridgehead atoms. The molecule has 1 amide bonds. The van der Waals surface area contributed by atoms with Gasteiger partial charge in [-0.1, -0.05) is 19.1 Å². The molecule has 1 saturated heterocycles. The monoisotopic (exact) mass is 466 g/mol. The first kappa shape index (κ1) is 23.1. The summed E-state index contributed by atoms with van der Waals surface area (Å²) in [5.74, 6) is 1.61. The van der Waals surface area contributed by atoms with Crippen LogP contribution in [0.2, 0.25) is 0 Å². The summed E-state index contributed by atoms with van der Waals surface area (Å²) in [6.07, 6.45) is 0. The van der Waals surface area contributed by atoms with E-state index in [1.54, 1.807) is 14.2 Å². The molecule has 8 heteroatoms. The molecule has 1 aliphatic rings. The van der Waals surface area contributed by atoms with E-state index in [0.717, 1.165) is 60.5 Å². The number of carbonyl (C=O) groups is 1. The third-order valence-electron chi connectivity index (χ3n) is 5.95. The molecular formula is C25H30N4O3S. The second-order valence-corrected chi connectivity index (χ2v) is 8.65. The summed E-state index contributed by atoms with van der Waals surface area (Å²) >= 11 is 1.52. The number of benzene rings is 2. The van der Waals surface area contributed by atoms with E-state index < -0.39 is 0 Å². The number of rotatable bonds is 8. The molecule has 1 fully saturated rings. The predicted octanol–water partition coefficient (Wildman–Crippen LogP) is 4.13. The number of ether oxygens (including phenoxy) is 2. The highest BCUT2D eigenvalue weighted by atomic mass is 32.1. The van der Waals surface area contributed by atoms with Crippen LogP contribution in [0.5, 0.6) is 11.5 Å². The second kappa shape index (κ2) is 10.7. The fraction of sp³-hybridized carbons (Fsp3) is 0.360. The van der Waals surface area contributed by atoms with Gasteiger partial charge in [-0.05, 0) is 42.9 Å². The summed E-state index contributed by atoms with van der Waals surface area (Å²) in [5, 5.41) is 2.77. The zero-order chi connectivity index (χ0) is 23.2. The van der Waals surface area contributed by atoms with Crippen molar-refractivity contribution in [1.29, 1.82) is 0 Å². The van der Waals surface area contributed by atoms with Crippen molar-refractivity contribution in [3.05, 3.63) is 53.9 Å². The summed E-state index contributed by atoms with van der Waals surface area (Å²) in [6, 6.07) is 15.6. The fourth-order valence-electron chi connectivity index (χ4n) is 3.94. The minimum atomic E-state index is 0.0952. The Kier molecular flexibility index (Phi) is 7.47. The van der Waals surface area contributed by atoms with Crippen LogP contribution in [-0.2, 0) is 4.79 Å². The van der Waals surface area contributed by atoms with Crippen molar-refractivity contribution in [3.63, 3.8) is 0 Å². The minimum Gasteiger partial charge on any atom is -0.497 e. The van der Waals surface area contributed by atoms with Crippen molar-refractivity contribution in [1.82, 2.24) is 14.8 Å². The number of thiazole rings is 1. The first-order valence-electron chi connectivity index (χ1n) is 11.1. The van der Waals surface area contributed by atoms with Crippen molar-refractivity contribution < 1.29 is 14.3 Å². The molecular weight excluding hydrogens is 436 g/mol. The van der Waals surface area contributed by atoms with E-state index in [0.29, 0.717) is 5.75 Å². The lowest BCUT2D eigenvalue weighted by molar-refractivity contribution is -0.131. The van der Waals surface area contributed by atoms with Gasteiger partial charge in [0.05, 0.1) is 25.6 Å². The average Bonchev–Trinajstić information content (AvgIpc) is 3.37. The quantitative estimate of drug-likeness (QED) is 0.498. The molecule has 7 nitrogen and oxygen atoms in total. The molecule has 1 aliphatic heterocycles. The molecule has 4 rings (SSSR count). The number of para-hydroxylation sites is 2. The number of nitrogens with zero attached hydrogens (tertiary/aromatic N) is 4. The third-order valence-corrected chi connectivity index (χ3v) is 6.81. The highest BCUT2D eigenvalue weighted by molar-refractivity contribution is 7.14. The van der Waals surface area contributed by atoms with Crippen LogP contribution in [0, 0.1) is 0 Å². The third kappa shape index (κ3) is 5.29. The molecule has 0 atom stereocenters. The Balaban J connectivity index is 1.61. The Labute approximate surface area is 199 Å². The summed E-state index contributed by atoms with van der Waals surface area (Å²) in [5.41, 5.74) is 2.69. The van der Waals surface area contributed by atoms with Gasteiger partial charge in [0, 0.05) is 37.1 Å². The first-order valence-corrected chi connectivity index (χ1v) is 12.0. The summed E-state index contributed by atoms with van der Waals surface area (Å²) in [6.45, 7) is 6.71. The zero-order valence-electron chi connectivity index (χ0n) is 19.4. The lowest BCUT2D eigenvalue weighted by Gasteiger charge is -2.35. The van der Waals surface area contributed by atoms with Crippen molar-refractivity contribution >= 4 is 28.1 Å². The number of piperazine rings is 1. The molecule has 1 aromatic heterocycles. The lowest BCUT2D eigenvalue weighted by Crippen LogP contribution is -2.50. The van der Waals surface area contributed by atoms with Crippen LogP contribution in [0.4, 0.5) is 10.8 Å². The molecule has 0 aliphatic carbocycles. The van der Waals surface area contributed by atoms with Crippen LogP contribution in [-0.4, -0.2) is 74.2 Å². The molecule has 3 aromatic rings. The number of aromatic nitrogens is 1. The van der Waals surface area contributed by atoms with E-state index in [2.05, 4.69) is 11.8 Å². The average molecular weight is 467 g/mol. The Hall–Kier alpha value is -3.10. The van der Waals surface area contributed by atoms with Crippen LogP contribution in [0.15, 0.2) is 53.9 Å². The second-order valence-electron chi connectivity index (χ2n) is 7.82. The maximum atomic E-state index is 13.3. The van der Waals surface area contributed by atoms with Gasteiger partial charge in [0.15, 0.2) is 5.13 Å². The van der Waals surface area contributed by atoms with Gasteiger partial charge in [-0.25, -0.2) is 4.98 Å². The normalized spacial score (nSPS) is 14.2. The molecule has 2 heterocycles. The topological polar surface area (TPSA) is 58.1 Å². The highest BCUT2D eigenvalue weighted by Gasteiger charge is 2.26. The number of hydrogen-bond acceptors (Lipinski definition) is 7. The van der Waals surface area contributed by atoms with E-state index in [9.17, 15) is 4.79 Å². The zero-order valence-corrected chi connectivity index (χ0v) is 20.2. The molecule has 33 heavy (non-hydrogen) atoms. The van der Waals surface area contributed by atoms with Crippen LogP contribution < -0.4 is 14.4 Å². The minimum absolute atomic E-state index is 0.0952. The predicted molar refractivity (Wildman–Crippen MR) is 133 cm³/mol. The molecule has 174 valence electrons. The Morgan fingerprint density at radius 2 is 1.76 bits per heavy atom. The molecule has 0 saturated carbocycles. The molecule has 0 N–H and O–H groups in total. The van der Waals surface area contributed by atoms with Crippen LogP contribution >= 0.6 is 11.3 Å². The smallest absolute Gasteiger partial charge is 0.242 e. The molecule has 0 unspecified atom stereocenters.